The van der Waals surface area contributed by atoms with Gasteiger partial charge in [-0.1, -0.05) is 23.7 Å². The highest BCUT2D eigenvalue weighted by Gasteiger charge is 2.20. The van der Waals surface area contributed by atoms with Crippen LogP contribution in [0.5, 0.6) is 17.2 Å². The molecule has 182 valence electrons. The third-order valence-corrected chi connectivity index (χ3v) is 5.48. The molecule has 0 saturated carbocycles. The Morgan fingerprint density at radius 3 is 2.49 bits per heavy atom. The average molecular weight is 497 g/mol. The fraction of sp³-hybridized carbons (Fsp3) is 0.250. The summed E-state index contributed by atoms with van der Waals surface area (Å²) < 4.78 is 16.2. The molecule has 0 amide bonds. The molecule has 10 nitrogen and oxygen atoms in total. The predicted octanol–water partition coefficient (Wildman–Crippen LogP) is 4.08. The van der Waals surface area contributed by atoms with E-state index < -0.39 is 5.56 Å². The molecule has 35 heavy (non-hydrogen) atoms. The maximum absolute atomic E-state index is 12.9. The van der Waals surface area contributed by atoms with Crippen LogP contribution in [0.1, 0.15) is 11.3 Å². The summed E-state index contributed by atoms with van der Waals surface area (Å²) in [6.45, 7) is 2.33. The average Bonchev–Trinajstić information content (AvgIpc) is 2.82. The lowest BCUT2D eigenvalue weighted by atomic mass is 10.2. The zero-order valence-corrected chi connectivity index (χ0v) is 20.7. The van der Waals surface area contributed by atoms with E-state index in [0.717, 1.165) is 16.9 Å². The third-order valence-electron chi connectivity index (χ3n) is 5.29. The number of ether oxygens (including phenoxy) is 3. The zero-order chi connectivity index (χ0) is 25.1. The molecule has 0 radical (unpaired) electrons. The smallest absolute Gasteiger partial charge is 0.286 e. The van der Waals surface area contributed by atoms with Gasteiger partial charge >= 0.3 is 0 Å². The van der Waals surface area contributed by atoms with Crippen molar-refractivity contribution < 1.29 is 14.2 Å². The number of hydrogen-bond donors (Lipinski definition) is 2. The minimum atomic E-state index is -0.442. The Hall–Kier alpha value is -4.05. The molecule has 2 aromatic carbocycles. The first-order chi connectivity index (χ1) is 16.8. The van der Waals surface area contributed by atoms with E-state index in [-0.39, 0.29) is 11.1 Å². The maximum atomic E-state index is 12.9. The van der Waals surface area contributed by atoms with Crippen LogP contribution in [0.4, 0.5) is 17.6 Å². The van der Waals surface area contributed by atoms with Crippen molar-refractivity contribution >= 4 is 40.1 Å². The molecule has 0 aliphatic rings. The Bertz CT molecular complexity index is 1420. The minimum Gasteiger partial charge on any atom is -0.493 e. The van der Waals surface area contributed by atoms with Gasteiger partial charge in [0.1, 0.15) is 10.5 Å². The van der Waals surface area contributed by atoms with E-state index in [1.54, 1.807) is 12.1 Å². The van der Waals surface area contributed by atoms with Gasteiger partial charge in [0, 0.05) is 31.0 Å². The summed E-state index contributed by atoms with van der Waals surface area (Å²) in [6, 6.07) is 11.1. The highest BCUT2D eigenvalue weighted by atomic mass is 35.5. The third kappa shape index (κ3) is 5.07. The SMILES string of the molecule is COc1cc2[nH]c(N(C)Cc3cccc(Nc4nc(C)cc(Cl)n4)c3)nc(=O)c2c(OC)c1OC. The summed E-state index contributed by atoms with van der Waals surface area (Å²) in [7, 11) is 6.31. The molecule has 0 bridgehead atoms. The molecular weight excluding hydrogens is 472 g/mol. The number of rotatable bonds is 8. The van der Waals surface area contributed by atoms with Crippen molar-refractivity contribution in [2.24, 2.45) is 0 Å². The maximum Gasteiger partial charge on any atom is 0.286 e. The van der Waals surface area contributed by atoms with E-state index in [0.29, 0.717) is 40.6 Å². The van der Waals surface area contributed by atoms with Gasteiger partial charge < -0.3 is 29.4 Å². The molecule has 2 heterocycles. The topological polar surface area (TPSA) is 114 Å². The first-order valence-corrected chi connectivity index (χ1v) is 11.0. The number of benzene rings is 2. The van der Waals surface area contributed by atoms with Gasteiger partial charge in [0.05, 0.1) is 26.8 Å². The molecule has 11 heteroatoms. The van der Waals surface area contributed by atoms with Crippen LogP contribution >= 0.6 is 11.6 Å². The Morgan fingerprint density at radius 1 is 1.03 bits per heavy atom. The van der Waals surface area contributed by atoms with Gasteiger partial charge in [-0.2, -0.15) is 4.98 Å². The van der Waals surface area contributed by atoms with Crippen molar-refractivity contribution in [2.45, 2.75) is 13.5 Å². The number of methoxy groups -OCH3 is 3. The van der Waals surface area contributed by atoms with Crippen LogP contribution in [-0.2, 0) is 6.54 Å². The van der Waals surface area contributed by atoms with Crippen LogP contribution in [-0.4, -0.2) is 48.3 Å². The van der Waals surface area contributed by atoms with E-state index >= 15 is 0 Å². The first kappa shape index (κ1) is 24.1. The van der Waals surface area contributed by atoms with Crippen LogP contribution < -0.4 is 30.0 Å². The van der Waals surface area contributed by atoms with Gasteiger partial charge in [-0.3, -0.25) is 4.79 Å². The van der Waals surface area contributed by atoms with Crippen LogP contribution in [0.3, 0.4) is 0 Å². The Kier molecular flexibility index (Phi) is 6.92. The zero-order valence-electron chi connectivity index (χ0n) is 20.0. The van der Waals surface area contributed by atoms with Gasteiger partial charge in [-0.15, -0.1) is 0 Å². The van der Waals surface area contributed by atoms with Gasteiger partial charge in [0.2, 0.25) is 17.6 Å². The fourth-order valence-electron chi connectivity index (χ4n) is 3.76. The number of aryl methyl sites for hydroxylation is 1. The number of nitrogens with zero attached hydrogens (tertiary/aromatic N) is 4. The molecule has 4 aromatic rings. The van der Waals surface area contributed by atoms with Gasteiger partial charge in [0.25, 0.3) is 5.56 Å². The second-order valence-corrected chi connectivity index (χ2v) is 8.16. The van der Waals surface area contributed by atoms with E-state index in [1.165, 1.54) is 21.3 Å². The molecule has 0 saturated heterocycles. The van der Waals surface area contributed by atoms with Crippen molar-refractivity contribution in [3.05, 3.63) is 63.2 Å². The number of nitrogens with one attached hydrogen (secondary N) is 2. The summed E-state index contributed by atoms with van der Waals surface area (Å²) in [4.78, 5) is 30.8. The Balaban J connectivity index is 1.63. The second kappa shape index (κ2) is 10.1. The molecule has 2 aromatic heterocycles. The minimum absolute atomic E-state index is 0.266. The Labute approximate surface area is 206 Å². The number of fused-ring (bicyclic) bond motifs is 1. The quantitative estimate of drug-likeness (QED) is 0.348. The standard InChI is InChI=1S/C24H25ClN6O4/c1-13-9-18(25)29-23(26-13)27-15-8-6-7-14(10-15)12-31(2)24-28-16-11-17(33-3)20(34-4)21(35-5)19(16)22(32)30-24/h6-11H,12H2,1-5H3,(H,26,27,29)(H,28,30,32). The lowest BCUT2D eigenvalue weighted by Crippen LogP contribution is -2.23. The number of H-pyrrole nitrogens is 1. The van der Waals surface area contributed by atoms with Crippen LogP contribution in [0.2, 0.25) is 5.15 Å². The molecule has 2 N–H and O–H groups in total. The number of hydrogen-bond acceptors (Lipinski definition) is 9. The summed E-state index contributed by atoms with van der Waals surface area (Å²) >= 11 is 6.04. The van der Waals surface area contributed by atoms with E-state index in [9.17, 15) is 4.79 Å². The summed E-state index contributed by atoms with van der Waals surface area (Å²) in [6.07, 6.45) is 0. The number of halogens is 1. The number of aromatic nitrogens is 4. The van der Waals surface area contributed by atoms with Gasteiger partial charge in [-0.25, -0.2) is 9.97 Å². The van der Waals surface area contributed by atoms with E-state index in [4.69, 9.17) is 25.8 Å². The second-order valence-electron chi connectivity index (χ2n) is 7.77. The number of anilines is 3. The predicted molar refractivity (Wildman–Crippen MR) is 136 cm³/mol. The fourth-order valence-corrected chi connectivity index (χ4v) is 4.00. The summed E-state index contributed by atoms with van der Waals surface area (Å²) in [5, 5.41) is 3.82. The molecule has 0 spiro atoms. The van der Waals surface area contributed by atoms with Crippen molar-refractivity contribution in [3.8, 4) is 17.2 Å². The largest absolute Gasteiger partial charge is 0.493 e. The first-order valence-electron chi connectivity index (χ1n) is 10.6. The van der Waals surface area contributed by atoms with Crippen LogP contribution in [0.25, 0.3) is 10.9 Å². The molecule has 4 rings (SSSR count). The molecular formula is C24H25ClN6O4. The summed E-state index contributed by atoms with van der Waals surface area (Å²) in [5.41, 5.74) is 2.62. The van der Waals surface area contributed by atoms with Crippen molar-refractivity contribution in [2.75, 3.05) is 38.6 Å². The van der Waals surface area contributed by atoms with Crippen LogP contribution in [0.15, 0.2) is 41.2 Å². The molecule has 0 aliphatic heterocycles. The molecule has 0 atom stereocenters. The monoisotopic (exact) mass is 496 g/mol. The number of aromatic amines is 1. The normalized spacial score (nSPS) is 10.8. The van der Waals surface area contributed by atoms with E-state index in [1.807, 2.05) is 43.1 Å². The molecule has 0 unspecified atom stereocenters. The lowest BCUT2D eigenvalue weighted by Gasteiger charge is -2.20. The van der Waals surface area contributed by atoms with Crippen molar-refractivity contribution in [1.29, 1.82) is 0 Å². The van der Waals surface area contributed by atoms with Crippen LogP contribution in [0, 0.1) is 6.92 Å². The molecule has 0 aliphatic carbocycles. The highest BCUT2D eigenvalue weighted by Crippen LogP contribution is 2.41. The van der Waals surface area contributed by atoms with Gasteiger partial charge in [-0.05, 0) is 30.7 Å². The summed E-state index contributed by atoms with van der Waals surface area (Å²) in [5.74, 6) is 1.84. The van der Waals surface area contributed by atoms with Crippen molar-refractivity contribution in [3.63, 3.8) is 0 Å². The lowest BCUT2D eigenvalue weighted by molar-refractivity contribution is 0.327. The van der Waals surface area contributed by atoms with Crippen molar-refractivity contribution in [1.82, 2.24) is 19.9 Å². The van der Waals surface area contributed by atoms with Gasteiger partial charge in [0.15, 0.2) is 11.5 Å². The Morgan fingerprint density at radius 2 is 1.80 bits per heavy atom. The van der Waals surface area contributed by atoms with E-state index in [2.05, 4.69) is 25.3 Å². The highest BCUT2D eigenvalue weighted by molar-refractivity contribution is 6.29. The molecule has 0 fully saturated rings.